The molecule has 0 radical (unpaired) electrons. The molecule has 0 fully saturated rings. The smallest absolute Gasteiger partial charge is 0.262 e. The highest BCUT2D eigenvalue weighted by molar-refractivity contribution is 5.92. The van der Waals surface area contributed by atoms with Crippen molar-refractivity contribution in [2.24, 2.45) is 0 Å². The van der Waals surface area contributed by atoms with E-state index in [1.807, 2.05) is 25.1 Å². The SMILES string of the molecule is COc1cc(NC(=O)COc2cc(C)ccc2C(C)C)ccc1-c1ccc(CO)o1. The average Bonchev–Trinajstić information content (AvgIpc) is 3.21. The Hall–Kier alpha value is -3.25. The minimum atomic E-state index is -0.262. The molecule has 0 aliphatic rings. The van der Waals surface area contributed by atoms with Crippen LogP contribution < -0.4 is 14.8 Å². The molecule has 3 aromatic rings. The average molecular weight is 409 g/mol. The number of hydrogen-bond acceptors (Lipinski definition) is 5. The minimum absolute atomic E-state index is 0.0920. The lowest BCUT2D eigenvalue weighted by Gasteiger charge is -2.15. The second kappa shape index (κ2) is 9.50. The van der Waals surface area contributed by atoms with Gasteiger partial charge in [-0.25, -0.2) is 0 Å². The second-order valence-electron chi connectivity index (χ2n) is 7.37. The number of hydrogen-bond donors (Lipinski definition) is 2. The molecule has 0 saturated heterocycles. The van der Waals surface area contributed by atoms with Crippen LogP contribution in [0, 0.1) is 6.92 Å². The summed E-state index contributed by atoms with van der Waals surface area (Å²) in [5.41, 5.74) is 3.47. The van der Waals surface area contributed by atoms with Crippen molar-refractivity contribution >= 4 is 11.6 Å². The van der Waals surface area contributed by atoms with Gasteiger partial charge in [-0.05, 0) is 54.3 Å². The number of anilines is 1. The number of ether oxygens (including phenoxy) is 2. The number of carbonyl (C=O) groups is 1. The highest BCUT2D eigenvalue weighted by Crippen LogP contribution is 2.34. The summed E-state index contributed by atoms with van der Waals surface area (Å²) >= 11 is 0. The van der Waals surface area contributed by atoms with Crippen LogP contribution in [0.3, 0.4) is 0 Å². The molecule has 2 N–H and O–H groups in total. The number of benzene rings is 2. The van der Waals surface area contributed by atoms with E-state index >= 15 is 0 Å². The Labute approximate surface area is 176 Å². The van der Waals surface area contributed by atoms with Crippen LogP contribution in [0.5, 0.6) is 11.5 Å². The van der Waals surface area contributed by atoms with E-state index in [4.69, 9.17) is 13.9 Å². The Morgan fingerprint density at radius 1 is 1.10 bits per heavy atom. The number of aryl methyl sites for hydroxylation is 1. The predicted octanol–water partition coefficient (Wildman–Crippen LogP) is 4.90. The van der Waals surface area contributed by atoms with E-state index in [0.717, 1.165) is 22.4 Å². The number of aliphatic hydroxyl groups is 1. The second-order valence-corrected chi connectivity index (χ2v) is 7.37. The molecule has 30 heavy (non-hydrogen) atoms. The molecule has 6 heteroatoms. The molecular weight excluding hydrogens is 382 g/mol. The number of carbonyl (C=O) groups excluding carboxylic acids is 1. The van der Waals surface area contributed by atoms with Crippen molar-refractivity contribution in [1.82, 2.24) is 0 Å². The lowest BCUT2D eigenvalue weighted by molar-refractivity contribution is -0.118. The third-order valence-corrected chi connectivity index (χ3v) is 4.72. The molecule has 0 unspecified atom stereocenters. The lowest BCUT2D eigenvalue weighted by Crippen LogP contribution is -2.20. The fourth-order valence-corrected chi connectivity index (χ4v) is 3.16. The molecule has 3 rings (SSSR count). The van der Waals surface area contributed by atoms with E-state index in [1.54, 1.807) is 37.4 Å². The van der Waals surface area contributed by atoms with Crippen LogP contribution in [0.1, 0.15) is 36.7 Å². The Bertz CT molecular complexity index is 1020. The minimum Gasteiger partial charge on any atom is -0.496 e. The molecule has 158 valence electrons. The van der Waals surface area contributed by atoms with Crippen LogP contribution in [0.2, 0.25) is 0 Å². The summed E-state index contributed by atoms with van der Waals surface area (Å²) in [6, 6.07) is 14.8. The molecule has 0 aliphatic heterocycles. The van der Waals surface area contributed by atoms with Gasteiger partial charge < -0.3 is 24.3 Å². The van der Waals surface area contributed by atoms with Crippen LogP contribution in [0.4, 0.5) is 5.69 Å². The quantitative estimate of drug-likeness (QED) is 0.553. The Balaban J connectivity index is 1.69. The first-order valence-electron chi connectivity index (χ1n) is 9.82. The van der Waals surface area contributed by atoms with Crippen molar-refractivity contribution in [3.63, 3.8) is 0 Å². The van der Waals surface area contributed by atoms with Crippen LogP contribution in [-0.4, -0.2) is 24.7 Å². The molecule has 6 nitrogen and oxygen atoms in total. The van der Waals surface area contributed by atoms with E-state index in [0.29, 0.717) is 28.9 Å². The van der Waals surface area contributed by atoms with Gasteiger partial charge >= 0.3 is 0 Å². The Morgan fingerprint density at radius 3 is 2.57 bits per heavy atom. The van der Waals surface area contributed by atoms with E-state index in [1.165, 1.54) is 0 Å². The third kappa shape index (κ3) is 5.02. The highest BCUT2D eigenvalue weighted by Gasteiger charge is 2.14. The molecular formula is C24H27NO5. The molecule has 0 aliphatic carbocycles. The molecule has 0 saturated carbocycles. The molecule has 1 amide bonds. The Morgan fingerprint density at radius 2 is 1.90 bits per heavy atom. The van der Waals surface area contributed by atoms with Gasteiger partial charge in [-0.15, -0.1) is 0 Å². The number of nitrogens with one attached hydrogen (secondary N) is 1. The molecule has 1 heterocycles. The molecule has 0 spiro atoms. The lowest BCUT2D eigenvalue weighted by atomic mass is 10.0. The van der Waals surface area contributed by atoms with Crippen molar-refractivity contribution < 1.29 is 23.8 Å². The van der Waals surface area contributed by atoms with Gasteiger partial charge in [0.05, 0.1) is 12.7 Å². The van der Waals surface area contributed by atoms with Gasteiger partial charge in [-0.3, -0.25) is 4.79 Å². The number of amides is 1. The van der Waals surface area contributed by atoms with Crippen molar-refractivity contribution in [2.45, 2.75) is 33.3 Å². The zero-order chi connectivity index (χ0) is 21.7. The van der Waals surface area contributed by atoms with Gasteiger partial charge in [0.15, 0.2) is 6.61 Å². The monoisotopic (exact) mass is 409 g/mol. The maximum atomic E-state index is 12.4. The van der Waals surface area contributed by atoms with Gasteiger partial charge in [-0.2, -0.15) is 0 Å². The van der Waals surface area contributed by atoms with Gasteiger partial charge in [0.1, 0.15) is 29.6 Å². The summed E-state index contributed by atoms with van der Waals surface area (Å²) in [6.07, 6.45) is 0. The van der Waals surface area contributed by atoms with Crippen LogP contribution >= 0.6 is 0 Å². The van der Waals surface area contributed by atoms with Gasteiger partial charge in [-0.1, -0.05) is 26.0 Å². The van der Waals surface area contributed by atoms with E-state index in [9.17, 15) is 9.90 Å². The Kier molecular flexibility index (Phi) is 6.79. The summed E-state index contributed by atoms with van der Waals surface area (Å²) in [5.74, 6) is 2.37. The molecule has 2 aromatic carbocycles. The molecule has 1 aromatic heterocycles. The molecule has 0 bridgehead atoms. The largest absolute Gasteiger partial charge is 0.496 e. The summed E-state index contributed by atoms with van der Waals surface area (Å²) in [6.45, 7) is 5.91. The van der Waals surface area contributed by atoms with E-state index < -0.39 is 0 Å². The third-order valence-electron chi connectivity index (χ3n) is 4.72. The first-order chi connectivity index (χ1) is 14.4. The standard InChI is InChI=1S/C24H27NO5/c1-15(2)19-8-5-16(3)11-23(19)29-14-24(27)25-17-6-9-20(22(12-17)28-4)21-10-7-18(13-26)30-21/h5-12,15,26H,13-14H2,1-4H3,(H,25,27). The van der Waals surface area contributed by atoms with Crippen LogP contribution in [0.15, 0.2) is 52.9 Å². The van der Waals surface area contributed by atoms with Crippen molar-refractivity contribution in [3.8, 4) is 22.8 Å². The summed E-state index contributed by atoms with van der Waals surface area (Å²) in [5, 5.41) is 12.0. The number of aliphatic hydroxyl groups excluding tert-OH is 1. The maximum absolute atomic E-state index is 12.4. The maximum Gasteiger partial charge on any atom is 0.262 e. The number of methoxy groups -OCH3 is 1. The number of rotatable bonds is 8. The fourth-order valence-electron chi connectivity index (χ4n) is 3.16. The summed E-state index contributed by atoms with van der Waals surface area (Å²) < 4.78 is 16.8. The van der Waals surface area contributed by atoms with Crippen molar-refractivity contribution in [3.05, 3.63) is 65.4 Å². The normalized spacial score (nSPS) is 10.9. The van der Waals surface area contributed by atoms with Crippen molar-refractivity contribution in [2.75, 3.05) is 19.0 Å². The van der Waals surface area contributed by atoms with E-state index in [2.05, 4.69) is 19.2 Å². The highest BCUT2D eigenvalue weighted by atomic mass is 16.5. The van der Waals surface area contributed by atoms with Crippen LogP contribution in [0.25, 0.3) is 11.3 Å². The topological polar surface area (TPSA) is 80.9 Å². The van der Waals surface area contributed by atoms with Crippen molar-refractivity contribution in [1.29, 1.82) is 0 Å². The van der Waals surface area contributed by atoms with Gasteiger partial charge in [0.2, 0.25) is 0 Å². The summed E-state index contributed by atoms with van der Waals surface area (Å²) in [7, 11) is 1.55. The zero-order valence-corrected chi connectivity index (χ0v) is 17.7. The molecule has 0 atom stereocenters. The first-order valence-corrected chi connectivity index (χ1v) is 9.82. The van der Waals surface area contributed by atoms with Gasteiger partial charge in [0, 0.05) is 11.8 Å². The van der Waals surface area contributed by atoms with E-state index in [-0.39, 0.29) is 19.1 Å². The summed E-state index contributed by atoms with van der Waals surface area (Å²) in [4.78, 5) is 12.4. The fraction of sp³-hybridized carbons (Fsp3) is 0.292. The number of furan rings is 1. The van der Waals surface area contributed by atoms with Crippen LogP contribution in [-0.2, 0) is 11.4 Å². The first kappa shape index (κ1) is 21.5. The zero-order valence-electron chi connectivity index (χ0n) is 17.7. The predicted molar refractivity (Wildman–Crippen MR) is 116 cm³/mol. The van der Waals surface area contributed by atoms with Gasteiger partial charge in [0.25, 0.3) is 5.91 Å².